The number of aliphatic hydroxyl groups excluding tert-OH is 1. The molecule has 5 heteroatoms. The quantitative estimate of drug-likeness (QED) is 0.279. The molecule has 0 aliphatic heterocycles. The zero-order chi connectivity index (χ0) is 18.5. The molecule has 0 aromatic heterocycles. The van der Waals surface area contributed by atoms with E-state index in [1.165, 1.54) is 12.8 Å². The van der Waals surface area contributed by atoms with E-state index < -0.39 is 6.10 Å². The molecule has 140 valence electrons. The molecule has 0 bridgehead atoms. The molecule has 1 unspecified atom stereocenters. The fraction of sp³-hybridized carbons (Fsp3) is 0.550. The SMILES string of the molecule is C=CCCCCCN(C)C(=NCC(O)c1cccc(OC)c1)NCC. The summed E-state index contributed by atoms with van der Waals surface area (Å²) in [6.07, 6.45) is 5.87. The molecule has 1 aromatic carbocycles. The van der Waals surface area contributed by atoms with Gasteiger partial charge in [-0.15, -0.1) is 6.58 Å². The maximum absolute atomic E-state index is 10.4. The van der Waals surface area contributed by atoms with E-state index in [0.717, 1.165) is 43.2 Å². The van der Waals surface area contributed by atoms with Crippen LogP contribution >= 0.6 is 0 Å². The Hall–Kier alpha value is -2.01. The standard InChI is InChI=1S/C20H33N3O2/c1-5-7-8-9-10-14-23(3)20(21-6-2)22-16-19(24)17-12-11-13-18(15-17)25-4/h5,11-13,15,19,24H,1,6-10,14,16H2,2-4H3,(H,21,22). The van der Waals surface area contributed by atoms with E-state index in [2.05, 4.69) is 21.8 Å². The van der Waals surface area contributed by atoms with Crippen LogP contribution in [0.15, 0.2) is 41.9 Å². The van der Waals surface area contributed by atoms with Crippen LogP contribution in [0.2, 0.25) is 0 Å². The minimum atomic E-state index is -0.648. The monoisotopic (exact) mass is 347 g/mol. The number of guanidine groups is 1. The molecule has 0 saturated carbocycles. The normalized spacial score (nSPS) is 12.6. The number of aliphatic hydroxyl groups is 1. The molecule has 1 aromatic rings. The molecule has 0 aliphatic rings. The van der Waals surface area contributed by atoms with Crippen LogP contribution in [0, 0.1) is 0 Å². The number of hydrogen-bond donors (Lipinski definition) is 2. The average Bonchev–Trinajstić information content (AvgIpc) is 2.64. The fourth-order valence-corrected chi connectivity index (χ4v) is 2.52. The molecule has 0 fully saturated rings. The molecule has 25 heavy (non-hydrogen) atoms. The Labute approximate surface area is 152 Å². The van der Waals surface area contributed by atoms with Gasteiger partial charge in [0, 0.05) is 20.1 Å². The minimum Gasteiger partial charge on any atom is -0.497 e. The van der Waals surface area contributed by atoms with Crippen LogP contribution in [0.5, 0.6) is 5.75 Å². The predicted octanol–water partition coefficient (Wildman–Crippen LogP) is 3.37. The van der Waals surface area contributed by atoms with Gasteiger partial charge in [0.25, 0.3) is 0 Å². The third-order valence-corrected chi connectivity index (χ3v) is 3.99. The van der Waals surface area contributed by atoms with Crippen molar-refractivity contribution >= 4 is 5.96 Å². The van der Waals surface area contributed by atoms with E-state index in [1.807, 2.05) is 44.3 Å². The Bertz CT molecular complexity index is 531. The number of hydrogen-bond acceptors (Lipinski definition) is 3. The lowest BCUT2D eigenvalue weighted by atomic mass is 10.1. The van der Waals surface area contributed by atoms with Crippen LogP contribution < -0.4 is 10.1 Å². The second kappa shape index (κ2) is 12.4. The largest absolute Gasteiger partial charge is 0.497 e. The summed E-state index contributed by atoms with van der Waals surface area (Å²) in [4.78, 5) is 6.71. The lowest BCUT2D eigenvalue weighted by Crippen LogP contribution is -2.39. The van der Waals surface area contributed by atoms with Crippen molar-refractivity contribution in [3.63, 3.8) is 0 Å². The molecule has 0 radical (unpaired) electrons. The number of nitrogens with zero attached hydrogens (tertiary/aromatic N) is 2. The van der Waals surface area contributed by atoms with Gasteiger partial charge in [0.15, 0.2) is 5.96 Å². The lowest BCUT2D eigenvalue weighted by molar-refractivity contribution is 0.186. The second-order valence-corrected chi connectivity index (χ2v) is 6.05. The number of ether oxygens (including phenoxy) is 1. The molecule has 0 spiro atoms. The number of unbranched alkanes of at least 4 members (excludes halogenated alkanes) is 3. The number of rotatable bonds is 11. The number of methoxy groups -OCH3 is 1. The summed E-state index contributed by atoms with van der Waals surface area (Å²) >= 11 is 0. The second-order valence-electron chi connectivity index (χ2n) is 6.05. The van der Waals surface area contributed by atoms with Crippen molar-refractivity contribution < 1.29 is 9.84 Å². The first-order valence-corrected chi connectivity index (χ1v) is 9.04. The van der Waals surface area contributed by atoms with Gasteiger partial charge in [0.1, 0.15) is 5.75 Å². The Morgan fingerprint density at radius 1 is 1.40 bits per heavy atom. The van der Waals surface area contributed by atoms with Gasteiger partial charge in [-0.3, -0.25) is 4.99 Å². The maximum atomic E-state index is 10.4. The van der Waals surface area contributed by atoms with Crippen molar-refractivity contribution in [1.82, 2.24) is 10.2 Å². The molecule has 5 nitrogen and oxygen atoms in total. The zero-order valence-electron chi connectivity index (χ0n) is 15.9. The smallest absolute Gasteiger partial charge is 0.193 e. The van der Waals surface area contributed by atoms with Gasteiger partial charge in [-0.05, 0) is 43.9 Å². The van der Waals surface area contributed by atoms with Gasteiger partial charge in [0.05, 0.1) is 19.8 Å². The summed E-state index contributed by atoms with van der Waals surface area (Å²) in [5.74, 6) is 1.57. The van der Waals surface area contributed by atoms with Crippen LogP contribution in [0.4, 0.5) is 0 Å². The Morgan fingerprint density at radius 3 is 2.88 bits per heavy atom. The highest BCUT2D eigenvalue weighted by Gasteiger charge is 2.10. The van der Waals surface area contributed by atoms with E-state index in [0.29, 0.717) is 6.54 Å². The summed E-state index contributed by atoms with van der Waals surface area (Å²) in [6, 6.07) is 7.47. The molecule has 1 atom stereocenters. The average molecular weight is 348 g/mol. The summed E-state index contributed by atoms with van der Waals surface area (Å²) in [5.41, 5.74) is 0.811. The molecule has 0 heterocycles. The first-order valence-electron chi connectivity index (χ1n) is 9.04. The Balaban J connectivity index is 2.59. The van der Waals surface area contributed by atoms with Crippen LogP contribution in [-0.4, -0.2) is 49.8 Å². The summed E-state index contributed by atoms with van der Waals surface area (Å²) in [7, 11) is 3.66. The van der Waals surface area contributed by atoms with Crippen LogP contribution in [0.1, 0.15) is 44.3 Å². The van der Waals surface area contributed by atoms with Gasteiger partial charge in [-0.1, -0.05) is 24.6 Å². The summed E-state index contributed by atoms with van der Waals surface area (Å²) < 4.78 is 5.21. The highest BCUT2D eigenvalue weighted by molar-refractivity contribution is 5.79. The van der Waals surface area contributed by atoms with Gasteiger partial charge in [-0.25, -0.2) is 0 Å². The highest BCUT2D eigenvalue weighted by Crippen LogP contribution is 2.19. The minimum absolute atomic E-state index is 0.316. The molecule has 0 aliphatic carbocycles. The van der Waals surface area contributed by atoms with Crippen molar-refractivity contribution in [2.24, 2.45) is 4.99 Å². The number of aliphatic imine (C=N–C) groups is 1. The van der Waals surface area contributed by atoms with E-state index in [1.54, 1.807) is 7.11 Å². The highest BCUT2D eigenvalue weighted by atomic mass is 16.5. The molecular weight excluding hydrogens is 314 g/mol. The molecule has 0 saturated heterocycles. The zero-order valence-corrected chi connectivity index (χ0v) is 15.9. The predicted molar refractivity (Wildman–Crippen MR) is 105 cm³/mol. The first-order chi connectivity index (χ1) is 12.1. The third kappa shape index (κ3) is 8.07. The third-order valence-electron chi connectivity index (χ3n) is 3.99. The van der Waals surface area contributed by atoms with Gasteiger partial charge >= 0.3 is 0 Å². The van der Waals surface area contributed by atoms with Gasteiger partial charge in [-0.2, -0.15) is 0 Å². The van der Waals surface area contributed by atoms with Crippen molar-refractivity contribution in [3.05, 3.63) is 42.5 Å². The Morgan fingerprint density at radius 2 is 2.20 bits per heavy atom. The Kier molecular flexibility index (Phi) is 10.4. The van der Waals surface area contributed by atoms with E-state index in [-0.39, 0.29) is 0 Å². The lowest BCUT2D eigenvalue weighted by Gasteiger charge is -2.22. The van der Waals surface area contributed by atoms with Crippen LogP contribution in [0.3, 0.4) is 0 Å². The van der Waals surface area contributed by atoms with Crippen molar-refractivity contribution in [2.75, 3.05) is 33.8 Å². The van der Waals surface area contributed by atoms with Crippen molar-refractivity contribution in [1.29, 1.82) is 0 Å². The fourth-order valence-electron chi connectivity index (χ4n) is 2.52. The van der Waals surface area contributed by atoms with Crippen LogP contribution in [0.25, 0.3) is 0 Å². The molecular formula is C20H33N3O2. The topological polar surface area (TPSA) is 57.1 Å². The summed E-state index contributed by atoms with van der Waals surface area (Å²) in [5, 5.41) is 13.7. The number of nitrogens with one attached hydrogen (secondary N) is 1. The molecule has 0 amide bonds. The van der Waals surface area contributed by atoms with Gasteiger partial charge in [0.2, 0.25) is 0 Å². The maximum Gasteiger partial charge on any atom is 0.193 e. The first kappa shape index (κ1) is 21.0. The van der Waals surface area contributed by atoms with Crippen molar-refractivity contribution in [3.8, 4) is 5.75 Å². The molecule has 2 N–H and O–H groups in total. The van der Waals surface area contributed by atoms with E-state index in [4.69, 9.17) is 4.74 Å². The van der Waals surface area contributed by atoms with E-state index in [9.17, 15) is 5.11 Å². The van der Waals surface area contributed by atoms with Crippen molar-refractivity contribution in [2.45, 2.75) is 38.7 Å². The van der Waals surface area contributed by atoms with Gasteiger partial charge < -0.3 is 20.1 Å². The van der Waals surface area contributed by atoms with Crippen LogP contribution in [-0.2, 0) is 0 Å². The summed E-state index contributed by atoms with van der Waals surface area (Å²) in [6.45, 7) is 7.86. The number of benzene rings is 1. The number of allylic oxidation sites excluding steroid dienone is 1. The van der Waals surface area contributed by atoms with E-state index >= 15 is 0 Å². The molecule has 1 rings (SSSR count).